The predicted molar refractivity (Wildman–Crippen MR) is 76.1 cm³/mol. The Labute approximate surface area is 128 Å². The average Bonchev–Trinajstić information content (AvgIpc) is 3.18. The molecule has 110 valence electrons. The summed E-state index contributed by atoms with van der Waals surface area (Å²) in [7, 11) is 0. The first-order valence-corrected chi connectivity index (χ1v) is 7.34. The summed E-state index contributed by atoms with van der Waals surface area (Å²) in [6, 6.07) is 3.75. The molecule has 2 saturated heterocycles. The SMILES string of the molecule is N#Cc1ccc(N2C(=O)[C@H]3[C@H](O)CCN3C2=O)c2nsnc12. The lowest BCUT2D eigenvalue weighted by Gasteiger charge is -2.15. The molecule has 3 amide bonds. The molecule has 3 heterocycles. The van der Waals surface area contributed by atoms with E-state index in [2.05, 4.69) is 8.75 Å². The first-order valence-electron chi connectivity index (χ1n) is 6.61. The van der Waals surface area contributed by atoms with Gasteiger partial charge in [-0.05, 0) is 18.6 Å². The number of rotatable bonds is 1. The molecule has 22 heavy (non-hydrogen) atoms. The normalized spacial score (nSPS) is 24.2. The van der Waals surface area contributed by atoms with Gasteiger partial charge in [0.2, 0.25) is 0 Å². The second-order valence-corrected chi connectivity index (χ2v) is 5.68. The van der Waals surface area contributed by atoms with Crippen LogP contribution in [0.25, 0.3) is 11.0 Å². The minimum Gasteiger partial charge on any atom is -0.390 e. The van der Waals surface area contributed by atoms with Gasteiger partial charge in [-0.25, -0.2) is 9.69 Å². The molecule has 0 unspecified atom stereocenters. The number of fused-ring (bicyclic) bond motifs is 2. The number of nitriles is 1. The Morgan fingerprint density at radius 2 is 2.09 bits per heavy atom. The van der Waals surface area contributed by atoms with Crippen LogP contribution in [0.1, 0.15) is 12.0 Å². The fourth-order valence-corrected chi connectivity index (χ4v) is 3.56. The number of hydrogen-bond acceptors (Lipinski definition) is 7. The van der Waals surface area contributed by atoms with Gasteiger partial charge in [-0.2, -0.15) is 14.0 Å². The van der Waals surface area contributed by atoms with Crippen LogP contribution in [0.2, 0.25) is 0 Å². The third kappa shape index (κ3) is 1.53. The second-order valence-electron chi connectivity index (χ2n) is 5.16. The number of anilines is 1. The van der Waals surface area contributed by atoms with Crippen LogP contribution >= 0.6 is 11.7 Å². The van der Waals surface area contributed by atoms with Gasteiger partial charge in [0.25, 0.3) is 5.91 Å². The molecule has 2 fully saturated rings. The summed E-state index contributed by atoms with van der Waals surface area (Å²) in [5.74, 6) is -0.464. The number of urea groups is 1. The van der Waals surface area contributed by atoms with Crippen LogP contribution < -0.4 is 4.90 Å². The third-order valence-corrected chi connectivity index (χ3v) is 4.56. The molecule has 4 rings (SSSR count). The molecule has 0 radical (unpaired) electrons. The summed E-state index contributed by atoms with van der Waals surface area (Å²) < 4.78 is 8.16. The van der Waals surface area contributed by atoms with Crippen molar-refractivity contribution >= 4 is 40.4 Å². The fraction of sp³-hybridized carbons (Fsp3) is 0.308. The third-order valence-electron chi connectivity index (χ3n) is 4.03. The van der Waals surface area contributed by atoms with Crippen LogP contribution in [0, 0.1) is 11.3 Å². The molecule has 2 atom stereocenters. The molecule has 0 bridgehead atoms. The van der Waals surface area contributed by atoms with Crippen molar-refractivity contribution in [3.8, 4) is 6.07 Å². The fourth-order valence-electron chi connectivity index (χ4n) is 2.99. The zero-order chi connectivity index (χ0) is 15.4. The number of aliphatic hydroxyl groups excluding tert-OH is 1. The number of carbonyl (C=O) groups excluding carboxylic acids is 2. The zero-order valence-electron chi connectivity index (χ0n) is 11.1. The van der Waals surface area contributed by atoms with E-state index >= 15 is 0 Å². The van der Waals surface area contributed by atoms with Crippen LogP contribution in [0.15, 0.2) is 12.1 Å². The zero-order valence-corrected chi connectivity index (χ0v) is 11.9. The van der Waals surface area contributed by atoms with Gasteiger partial charge in [-0.15, -0.1) is 0 Å². The lowest BCUT2D eigenvalue weighted by molar-refractivity contribution is -0.121. The summed E-state index contributed by atoms with van der Waals surface area (Å²) in [6.45, 7) is 0.349. The number of hydrogen-bond donors (Lipinski definition) is 1. The van der Waals surface area contributed by atoms with Gasteiger partial charge >= 0.3 is 6.03 Å². The maximum absolute atomic E-state index is 12.5. The van der Waals surface area contributed by atoms with E-state index in [0.29, 0.717) is 35.2 Å². The molecular formula is C13H9N5O3S. The first kappa shape index (κ1) is 13.1. The monoisotopic (exact) mass is 315 g/mol. The van der Waals surface area contributed by atoms with E-state index in [1.807, 2.05) is 6.07 Å². The van der Waals surface area contributed by atoms with Crippen LogP contribution in [0.3, 0.4) is 0 Å². The van der Waals surface area contributed by atoms with E-state index in [1.54, 1.807) is 0 Å². The summed E-state index contributed by atoms with van der Waals surface area (Å²) in [4.78, 5) is 27.4. The molecule has 1 aromatic carbocycles. The highest BCUT2D eigenvalue weighted by atomic mass is 32.1. The highest BCUT2D eigenvalue weighted by Crippen LogP contribution is 2.35. The quantitative estimate of drug-likeness (QED) is 0.766. The van der Waals surface area contributed by atoms with Gasteiger partial charge in [0.05, 0.1) is 29.1 Å². The molecular weight excluding hydrogens is 306 g/mol. The number of aliphatic hydroxyl groups is 1. The Morgan fingerprint density at radius 3 is 2.82 bits per heavy atom. The number of carbonyl (C=O) groups is 2. The van der Waals surface area contributed by atoms with Crippen molar-refractivity contribution in [2.45, 2.75) is 18.6 Å². The molecule has 2 aliphatic rings. The van der Waals surface area contributed by atoms with Gasteiger partial charge < -0.3 is 10.0 Å². The van der Waals surface area contributed by atoms with Gasteiger partial charge in [-0.3, -0.25) is 4.79 Å². The van der Waals surface area contributed by atoms with Crippen molar-refractivity contribution in [2.24, 2.45) is 0 Å². The Balaban J connectivity index is 1.87. The average molecular weight is 315 g/mol. The Hall–Kier alpha value is -2.57. The highest BCUT2D eigenvalue weighted by Gasteiger charge is 2.53. The molecule has 2 aliphatic heterocycles. The van der Waals surface area contributed by atoms with Crippen LogP contribution in [0.4, 0.5) is 10.5 Å². The molecule has 8 nitrogen and oxygen atoms in total. The maximum Gasteiger partial charge on any atom is 0.332 e. The minimum atomic E-state index is -0.844. The first-order chi connectivity index (χ1) is 10.6. The van der Waals surface area contributed by atoms with Crippen molar-refractivity contribution in [2.75, 3.05) is 11.4 Å². The van der Waals surface area contributed by atoms with Gasteiger partial charge in [0, 0.05) is 6.54 Å². The van der Waals surface area contributed by atoms with E-state index in [-0.39, 0.29) is 0 Å². The van der Waals surface area contributed by atoms with Crippen molar-refractivity contribution in [1.82, 2.24) is 13.6 Å². The largest absolute Gasteiger partial charge is 0.390 e. The summed E-state index contributed by atoms with van der Waals surface area (Å²) in [6.07, 6.45) is -0.444. The predicted octanol–water partition coefficient (Wildman–Crippen LogP) is 0.465. The molecule has 0 saturated carbocycles. The lowest BCUT2D eigenvalue weighted by atomic mass is 10.1. The van der Waals surface area contributed by atoms with E-state index in [4.69, 9.17) is 5.26 Å². The van der Waals surface area contributed by atoms with E-state index in [1.165, 1.54) is 17.0 Å². The van der Waals surface area contributed by atoms with E-state index in [0.717, 1.165) is 16.6 Å². The van der Waals surface area contributed by atoms with Gasteiger partial charge in [0.15, 0.2) is 0 Å². The molecule has 9 heteroatoms. The standard InChI is InChI=1S/C13H9N5O3S/c14-5-6-1-2-7(10-9(6)15-22-16-10)18-12(20)11-8(19)3-4-17(11)13(18)21/h1-2,8,11,19H,3-4H2/t8-,11-/m1/s1. The number of amides is 3. The summed E-state index contributed by atoms with van der Waals surface area (Å²) in [5.41, 5.74) is 1.37. The van der Waals surface area contributed by atoms with Crippen molar-refractivity contribution in [3.05, 3.63) is 17.7 Å². The molecule has 1 N–H and O–H groups in total. The summed E-state index contributed by atoms with van der Waals surface area (Å²) in [5, 5.41) is 19.0. The molecule has 1 aromatic heterocycles. The summed E-state index contributed by atoms with van der Waals surface area (Å²) >= 11 is 0.916. The Bertz CT molecular complexity index is 857. The van der Waals surface area contributed by atoms with Crippen LogP contribution in [0.5, 0.6) is 0 Å². The van der Waals surface area contributed by atoms with Crippen molar-refractivity contribution in [1.29, 1.82) is 5.26 Å². The number of aromatic nitrogens is 2. The van der Waals surface area contributed by atoms with Crippen molar-refractivity contribution < 1.29 is 14.7 Å². The topological polar surface area (TPSA) is 110 Å². The smallest absolute Gasteiger partial charge is 0.332 e. The minimum absolute atomic E-state index is 0.305. The van der Waals surface area contributed by atoms with Crippen molar-refractivity contribution in [3.63, 3.8) is 0 Å². The Kier molecular flexibility index (Phi) is 2.66. The van der Waals surface area contributed by atoms with Gasteiger partial charge in [-0.1, -0.05) is 0 Å². The molecule has 2 aromatic rings. The van der Waals surface area contributed by atoms with Crippen LogP contribution in [-0.4, -0.2) is 49.4 Å². The second kappa shape index (κ2) is 4.46. The van der Waals surface area contributed by atoms with Crippen LogP contribution in [-0.2, 0) is 4.79 Å². The number of benzene rings is 1. The molecule has 0 aliphatic carbocycles. The lowest BCUT2D eigenvalue weighted by Crippen LogP contribution is -2.36. The number of nitrogens with zero attached hydrogens (tertiary/aromatic N) is 5. The maximum atomic E-state index is 12.5. The van der Waals surface area contributed by atoms with E-state index in [9.17, 15) is 14.7 Å². The highest BCUT2D eigenvalue weighted by molar-refractivity contribution is 7.00. The van der Waals surface area contributed by atoms with Gasteiger partial charge in [0.1, 0.15) is 23.1 Å². The Morgan fingerprint density at radius 1 is 1.32 bits per heavy atom. The number of imide groups is 1. The van der Waals surface area contributed by atoms with E-state index < -0.39 is 24.1 Å². The molecule has 0 spiro atoms.